The molecule has 1 saturated carbocycles. The van der Waals surface area contributed by atoms with Crippen LogP contribution in [0, 0.1) is 0 Å². The van der Waals surface area contributed by atoms with E-state index in [9.17, 15) is 0 Å². The molecule has 7 nitrogen and oxygen atoms in total. The van der Waals surface area contributed by atoms with E-state index in [0.717, 1.165) is 48.6 Å². The molecule has 2 aromatic carbocycles. The number of nitrogens with zero attached hydrogens (tertiary/aromatic N) is 5. The molecule has 2 fully saturated rings. The Morgan fingerprint density at radius 3 is 2.50 bits per heavy atom. The molecule has 36 heavy (non-hydrogen) atoms. The zero-order chi connectivity index (χ0) is 24.5. The van der Waals surface area contributed by atoms with Crippen LogP contribution in [0.5, 0.6) is 0 Å². The van der Waals surface area contributed by atoms with Crippen LogP contribution in [0.4, 0.5) is 17.3 Å². The van der Waals surface area contributed by atoms with Gasteiger partial charge in [-0.15, -0.1) is 0 Å². The maximum atomic E-state index is 6.11. The SMILES string of the molecule is CN1CCN(c2ccc(Nc3ncc4cc(CN)n(C5CCCC5)c4n3)cc2-c2ccccc2)CC1. The number of likely N-dealkylation sites (N-methyl/N-ethyl adjacent to an activating group) is 1. The van der Waals surface area contributed by atoms with Crippen molar-refractivity contribution in [3.05, 3.63) is 66.5 Å². The van der Waals surface area contributed by atoms with Gasteiger partial charge in [-0.2, -0.15) is 4.98 Å². The first-order chi connectivity index (χ1) is 17.7. The number of hydrogen-bond donors (Lipinski definition) is 2. The normalized spacial score (nSPS) is 17.2. The molecule has 0 spiro atoms. The number of aromatic nitrogens is 3. The standard InChI is InChI=1S/C29H35N7/c1-34-13-15-35(16-14-34)27-12-11-23(18-26(27)21-7-3-2-4-8-21)32-29-31-20-22-17-25(19-30)36(28(22)33-29)24-9-5-6-10-24/h2-4,7-8,11-12,17-18,20,24H,5-6,9-10,13-16,19,30H2,1H3,(H,31,32,33). The summed E-state index contributed by atoms with van der Waals surface area (Å²) in [7, 11) is 2.19. The minimum absolute atomic E-state index is 0.483. The van der Waals surface area contributed by atoms with Crippen LogP contribution >= 0.6 is 0 Å². The lowest BCUT2D eigenvalue weighted by molar-refractivity contribution is 0.313. The summed E-state index contributed by atoms with van der Waals surface area (Å²) in [6, 6.07) is 19.9. The highest BCUT2D eigenvalue weighted by Crippen LogP contribution is 2.36. The van der Waals surface area contributed by atoms with Gasteiger partial charge in [0.15, 0.2) is 0 Å². The molecule has 0 amide bonds. The van der Waals surface area contributed by atoms with Crippen LogP contribution in [0.15, 0.2) is 60.8 Å². The summed E-state index contributed by atoms with van der Waals surface area (Å²) in [4.78, 5) is 14.5. The Morgan fingerprint density at radius 1 is 0.972 bits per heavy atom. The summed E-state index contributed by atoms with van der Waals surface area (Å²) < 4.78 is 2.36. The first-order valence-corrected chi connectivity index (χ1v) is 13.2. The topological polar surface area (TPSA) is 75.2 Å². The molecule has 0 unspecified atom stereocenters. The van der Waals surface area contributed by atoms with E-state index < -0.39 is 0 Å². The van der Waals surface area contributed by atoms with Crippen LogP contribution in [0.2, 0.25) is 0 Å². The van der Waals surface area contributed by atoms with E-state index in [1.54, 1.807) is 0 Å². The second kappa shape index (κ2) is 9.91. The highest BCUT2D eigenvalue weighted by atomic mass is 15.2. The Bertz CT molecular complexity index is 1330. The lowest BCUT2D eigenvalue weighted by atomic mass is 10.0. The molecule has 2 aliphatic rings. The average Bonchev–Trinajstić information content (AvgIpc) is 3.57. The zero-order valence-electron chi connectivity index (χ0n) is 21.0. The third kappa shape index (κ3) is 4.45. The first-order valence-electron chi connectivity index (χ1n) is 13.2. The van der Waals surface area contributed by atoms with Gasteiger partial charge in [0.2, 0.25) is 5.95 Å². The molecule has 0 atom stereocenters. The minimum atomic E-state index is 0.483. The van der Waals surface area contributed by atoms with Gasteiger partial charge in [0.1, 0.15) is 5.65 Å². The number of hydrogen-bond acceptors (Lipinski definition) is 6. The van der Waals surface area contributed by atoms with E-state index in [4.69, 9.17) is 10.7 Å². The van der Waals surface area contributed by atoms with E-state index in [1.807, 2.05) is 6.20 Å². The van der Waals surface area contributed by atoms with E-state index in [0.29, 0.717) is 18.5 Å². The van der Waals surface area contributed by atoms with Gasteiger partial charge in [0.25, 0.3) is 0 Å². The predicted molar refractivity (Wildman–Crippen MR) is 148 cm³/mol. The van der Waals surface area contributed by atoms with Gasteiger partial charge in [-0.3, -0.25) is 0 Å². The Hall–Kier alpha value is -3.42. The summed E-state index contributed by atoms with van der Waals surface area (Å²) in [5, 5.41) is 4.55. The molecule has 186 valence electrons. The van der Waals surface area contributed by atoms with Crippen LogP contribution in [-0.2, 0) is 6.54 Å². The van der Waals surface area contributed by atoms with Crippen LogP contribution in [-0.4, -0.2) is 52.7 Å². The van der Waals surface area contributed by atoms with Crippen molar-refractivity contribution < 1.29 is 0 Å². The van der Waals surface area contributed by atoms with Gasteiger partial charge in [-0.1, -0.05) is 43.2 Å². The van der Waals surface area contributed by atoms with Crippen molar-refractivity contribution in [1.29, 1.82) is 0 Å². The van der Waals surface area contributed by atoms with Gasteiger partial charge in [-0.05, 0) is 49.7 Å². The van der Waals surface area contributed by atoms with E-state index in [1.165, 1.54) is 42.5 Å². The molecular formula is C29H35N7. The Kier molecular flexibility index (Phi) is 6.34. The number of nitrogens with two attached hydrogens (primary N) is 1. The smallest absolute Gasteiger partial charge is 0.229 e. The number of anilines is 3. The van der Waals surface area contributed by atoms with Crippen molar-refractivity contribution in [3.63, 3.8) is 0 Å². The van der Waals surface area contributed by atoms with Crippen LogP contribution < -0.4 is 16.0 Å². The monoisotopic (exact) mass is 481 g/mol. The van der Waals surface area contributed by atoms with Crippen LogP contribution in [0.3, 0.4) is 0 Å². The van der Waals surface area contributed by atoms with Gasteiger partial charge in [0.05, 0.1) is 0 Å². The highest BCUT2D eigenvalue weighted by Gasteiger charge is 2.23. The van der Waals surface area contributed by atoms with Gasteiger partial charge >= 0.3 is 0 Å². The van der Waals surface area contributed by atoms with E-state index in [-0.39, 0.29) is 0 Å². The van der Waals surface area contributed by atoms with Gasteiger partial charge < -0.3 is 25.4 Å². The number of rotatable bonds is 6. The van der Waals surface area contributed by atoms with Gasteiger partial charge in [0, 0.05) is 73.0 Å². The zero-order valence-corrected chi connectivity index (χ0v) is 21.0. The molecule has 0 bridgehead atoms. The van der Waals surface area contributed by atoms with Crippen molar-refractivity contribution in [1.82, 2.24) is 19.4 Å². The third-order valence-electron chi connectivity index (χ3n) is 7.74. The average molecular weight is 482 g/mol. The summed E-state index contributed by atoms with van der Waals surface area (Å²) in [5.41, 5.74) is 12.9. The second-order valence-corrected chi connectivity index (χ2v) is 10.1. The fraction of sp³-hybridized carbons (Fsp3) is 0.379. The van der Waals surface area contributed by atoms with Crippen LogP contribution in [0.25, 0.3) is 22.2 Å². The molecule has 1 saturated heterocycles. The van der Waals surface area contributed by atoms with Crippen molar-refractivity contribution >= 4 is 28.4 Å². The Labute approximate surface area is 212 Å². The largest absolute Gasteiger partial charge is 0.368 e. The lowest BCUT2D eigenvalue weighted by Crippen LogP contribution is -2.44. The maximum absolute atomic E-state index is 6.11. The summed E-state index contributed by atoms with van der Waals surface area (Å²) in [5.74, 6) is 0.620. The number of benzene rings is 2. The fourth-order valence-corrected chi connectivity index (χ4v) is 5.76. The molecule has 3 N–H and O–H groups in total. The molecule has 3 heterocycles. The Morgan fingerprint density at radius 2 is 1.75 bits per heavy atom. The van der Waals surface area contributed by atoms with E-state index in [2.05, 4.69) is 86.3 Å². The maximum Gasteiger partial charge on any atom is 0.229 e. The lowest BCUT2D eigenvalue weighted by Gasteiger charge is -2.35. The molecular weight excluding hydrogens is 446 g/mol. The van der Waals surface area contributed by atoms with Crippen molar-refractivity contribution in [3.8, 4) is 11.1 Å². The summed E-state index contributed by atoms with van der Waals surface area (Å²) in [6.45, 7) is 4.74. The van der Waals surface area contributed by atoms with Crippen molar-refractivity contribution in [2.45, 2.75) is 38.3 Å². The number of nitrogens with one attached hydrogen (secondary N) is 1. The highest BCUT2D eigenvalue weighted by molar-refractivity contribution is 5.83. The third-order valence-corrected chi connectivity index (χ3v) is 7.74. The van der Waals surface area contributed by atoms with Crippen molar-refractivity contribution in [2.24, 2.45) is 5.73 Å². The molecule has 1 aliphatic heterocycles. The molecule has 0 radical (unpaired) electrons. The molecule has 2 aromatic heterocycles. The first kappa shape index (κ1) is 23.0. The Balaban J connectivity index is 1.35. The van der Waals surface area contributed by atoms with E-state index >= 15 is 0 Å². The summed E-state index contributed by atoms with van der Waals surface area (Å²) in [6.07, 6.45) is 6.85. The number of fused-ring (bicyclic) bond motifs is 1. The fourth-order valence-electron chi connectivity index (χ4n) is 5.76. The second-order valence-electron chi connectivity index (χ2n) is 10.1. The van der Waals surface area contributed by atoms with Gasteiger partial charge in [-0.25, -0.2) is 4.98 Å². The molecule has 4 aromatic rings. The number of piperazine rings is 1. The van der Waals surface area contributed by atoms with Crippen LogP contribution in [0.1, 0.15) is 37.4 Å². The molecule has 1 aliphatic carbocycles. The van der Waals surface area contributed by atoms with Crippen molar-refractivity contribution in [2.75, 3.05) is 43.4 Å². The summed E-state index contributed by atoms with van der Waals surface area (Å²) >= 11 is 0. The quantitative estimate of drug-likeness (QED) is 0.396. The molecule has 6 rings (SSSR count). The minimum Gasteiger partial charge on any atom is -0.368 e. The predicted octanol–water partition coefficient (Wildman–Crippen LogP) is 5.17. The molecule has 7 heteroatoms.